The van der Waals surface area contributed by atoms with Gasteiger partial charge in [0.25, 0.3) is 5.91 Å². The summed E-state index contributed by atoms with van der Waals surface area (Å²) in [6.45, 7) is 3.24. The van der Waals surface area contributed by atoms with E-state index in [0.717, 1.165) is 4.70 Å². The van der Waals surface area contributed by atoms with E-state index in [4.69, 9.17) is 4.74 Å². The summed E-state index contributed by atoms with van der Waals surface area (Å²) in [4.78, 5) is 53.9. The molecule has 0 aliphatic rings. The van der Waals surface area contributed by atoms with E-state index in [1.807, 2.05) is 6.07 Å². The molecule has 1 heterocycles. The highest BCUT2D eigenvalue weighted by atomic mass is 32.1. The molecule has 36 heavy (non-hydrogen) atoms. The zero-order chi connectivity index (χ0) is 25.7. The fourth-order valence-corrected chi connectivity index (χ4v) is 4.67. The smallest absolute Gasteiger partial charge is 0.326 e. The second-order valence-corrected chi connectivity index (χ2v) is 8.84. The zero-order valence-electron chi connectivity index (χ0n) is 19.7. The van der Waals surface area contributed by atoms with Gasteiger partial charge < -0.3 is 14.6 Å². The largest absolute Gasteiger partial charge is 0.465 e. The van der Waals surface area contributed by atoms with E-state index >= 15 is 0 Å². The molecule has 1 N–H and O–H groups in total. The van der Waals surface area contributed by atoms with Crippen LogP contribution >= 0.6 is 11.3 Å². The quantitative estimate of drug-likeness (QED) is 0.302. The first kappa shape index (κ1) is 24.7. The number of carbonyl (C=O) groups excluding carboxylic acids is 4. The van der Waals surface area contributed by atoms with Crippen molar-refractivity contribution < 1.29 is 23.9 Å². The first-order chi connectivity index (χ1) is 17.4. The minimum atomic E-state index is -0.514. The first-order valence-corrected chi connectivity index (χ1v) is 12.0. The molecule has 0 bridgehead atoms. The number of esters is 1. The van der Waals surface area contributed by atoms with E-state index in [1.165, 1.54) is 18.3 Å². The number of ether oxygens (including phenoxy) is 1. The van der Waals surface area contributed by atoms with Crippen LogP contribution in [-0.4, -0.2) is 34.7 Å². The maximum Gasteiger partial charge on any atom is 0.326 e. The molecule has 0 radical (unpaired) electrons. The van der Waals surface area contributed by atoms with Gasteiger partial charge in [-0.3, -0.25) is 19.2 Å². The van der Waals surface area contributed by atoms with Crippen LogP contribution in [0.15, 0.2) is 77.8 Å². The maximum absolute atomic E-state index is 13.0. The summed E-state index contributed by atoms with van der Waals surface area (Å²) in [6.07, 6.45) is 0. The molecule has 8 nitrogen and oxygen atoms in total. The summed E-state index contributed by atoms with van der Waals surface area (Å²) in [6, 6.07) is 20.4. The highest BCUT2D eigenvalue weighted by molar-refractivity contribution is 7.16. The van der Waals surface area contributed by atoms with Gasteiger partial charge in [0.1, 0.15) is 6.54 Å². The molecule has 0 saturated carbocycles. The lowest BCUT2D eigenvalue weighted by atomic mass is 10.0. The predicted molar refractivity (Wildman–Crippen MR) is 137 cm³/mol. The van der Waals surface area contributed by atoms with E-state index in [-0.39, 0.29) is 24.8 Å². The number of hydrogen-bond donors (Lipinski definition) is 1. The summed E-state index contributed by atoms with van der Waals surface area (Å²) < 4.78 is 7.44. The zero-order valence-corrected chi connectivity index (χ0v) is 20.5. The van der Waals surface area contributed by atoms with Crippen LogP contribution in [0.3, 0.4) is 0 Å². The Bertz CT molecular complexity index is 1520. The highest BCUT2D eigenvalue weighted by Gasteiger charge is 2.15. The van der Waals surface area contributed by atoms with Crippen molar-refractivity contribution in [2.45, 2.75) is 20.4 Å². The Labute approximate surface area is 210 Å². The lowest BCUT2D eigenvalue weighted by Crippen LogP contribution is -2.23. The molecule has 4 rings (SSSR count). The molecule has 182 valence electrons. The van der Waals surface area contributed by atoms with Crippen LogP contribution in [0.2, 0.25) is 0 Å². The Morgan fingerprint density at radius 2 is 1.58 bits per heavy atom. The Kier molecular flexibility index (Phi) is 7.50. The number of fused-ring (bicyclic) bond motifs is 1. The summed E-state index contributed by atoms with van der Waals surface area (Å²) in [7, 11) is 0. The molecule has 0 saturated heterocycles. The molecule has 2 amide bonds. The number of aromatic nitrogens is 1. The number of carbonyl (C=O) groups is 4. The topological polar surface area (TPSA) is 107 Å². The van der Waals surface area contributed by atoms with Gasteiger partial charge in [-0.25, -0.2) is 0 Å². The van der Waals surface area contributed by atoms with Gasteiger partial charge in [-0.05, 0) is 37.3 Å². The Balaban J connectivity index is 1.68. The van der Waals surface area contributed by atoms with E-state index in [1.54, 1.807) is 78.2 Å². The minimum absolute atomic E-state index is 0.121. The number of amides is 2. The van der Waals surface area contributed by atoms with Crippen molar-refractivity contribution in [3.8, 4) is 0 Å². The Morgan fingerprint density at radius 1 is 0.917 bits per heavy atom. The van der Waals surface area contributed by atoms with Crippen LogP contribution in [0.4, 0.5) is 5.69 Å². The third-order valence-electron chi connectivity index (χ3n) is 5.22. The molecule has 0 atom stereocenters. The van der Waals surface area contributed by atoms with Gasteiger partial charge in [0.05, 0.1) is 16.8 Å². The van der Waals surface area contributed by atoms with Crippen LogP contribution in [0.25, 0.3) is 10.2 Å². The molecule has 9 heteroatoms. The van der Waals surface area contributed by atoms with Gasteiger partial charge >= 0.3 is 5.97 Å². The van der Waals surface area contributed by atoms with Gasteiger partial charge in [-0.1, -0.05) is 53.8 Å². The molecule has 0 spiro atoms. The predicted octanol–water partition coefficient (Wildman–Crippen LogP) is 4.20. The summed E-state index contributed by atoms with van der Waals surface area (Å²) in [5.41, 5.74) is 2.60. The minimum Gasteiger partial charge on any atom is -0.465 e. The van der Waals surface area contributed by atoms with Crippen molar-refractivity contribution in [3.05, 3.63) is 94.3 Å². The number of ketones is 1. The Morgan fingerprint density at radius 3 is 2.25 bits per heavy atom. The van der Waals surface area contributed by atoms with Crippen LogP contribution < -0.4 is 10.1 Å². The average Bonchev–Trinajstić information content (AvgIpc) is 3.19. The number of anilines is 1. The van der Waals surface area contributed by atoms with E-state index < -0.39 is 11.9 Å². The maximum atomic E-state index is 13.0. The average molecular weight is 502 g/mol. The number of hydrogen-bond acceptors (Lipinski definition) is 6. The van der Waals surface area contributed by atoms with E-state index in [2.05, 4.69) is 10.3 Å². The SMILES string of the molecule is CCOC(=O)Cn1c(=NC(=O)c2ccc(C(=O)c3ccccc3)cc2)sc2cc(NC(C)=O)ccc21. The van der Waals surface area contributed by atoms with Crippen LogP contribution in [-0.2, 0) is 20.9 Å². The van der Waals surface area contributed by atoms with Gasteiger partial charge in [0.2, 0.25) is 5.91 Å². The lowest BCUT2D eigenvalue weighted by molar-refractivity contribution is -0.143. The molecule has 1 aromatic heterocycles. The van der Waals surface area contributed by atoms with Gasteiger partial charge in [-0.15, -0.1) is 0 Å². The third-order valence-corrected chi connectivity index (χ3v) is 6.26. The van der Waals surface area contributed by atoms with Crippen molar-refractivity contribution in [1.29, 1.82) is 0 Å². The number of nitrogens with one attached hydrogen (secondary N) is 1. The second-order valence-electron chi connectivity index (χ2n) is 7.83. The summed E-state index contributed by atoms with van der Waals surface area (Å²) in [5.74, 6) is -1.32. The van der Waals surface area contributed by atoms with Crippen molar-refractivity contribution in [2.24, 2.45) is 4.99 Å². The monoisotopic (exact) mass is 501 g/mol. The van der Waals surface area contributed by atoms with Crippen molar-refractivity contribution in [2.75, 3.05) is 11.9 Å². The molecule has 4 aromatic rings. The third kappa shape index (κ3) is 5.64. The molecule has 3 aromatic carbocycles. The van der Waals surface area contributed by atoms with Crippen molar-refractivity contribution in [1.82, 2.24) is 4.57 Å². The molecule has 0 fully saturated rings. The molecule has 0 aliphatic heterocycles. The van der Waals surface area contributed by atoms with E-state index in [9.17, 15) is 19.2 Å². The summed E-state index contributed by atoms with van der Waals surface area (Å²) in [5, 5.41) is 2.72. The summed E-state index contributed by atoms with van der Waals surface area (Å²) >= 11 is 1.22. The number of thiazole rings is 1. The molecule has 0 aliphatic carbocycles. The molecular weight excluding hydrogens is 478 g/mol. The fourth-order valence-electron chi connectivity index (χ4n) is 3.60. The van der Waals surface area contributed by atoms with Crippen LogP contribution in [0.1, 0.15) is 40.1 Å². The highest BCUT2D eigenvalue weighted by Crippen LogP contribution is 2.22. The van der Waals surface area contributed by atoms with Gasteiger partial charge in [0, 0.05) is 29.3 Å². The van der Waals surface area contributed by atoms with Crippen molar-refractivity contribution >= 4 is 50.8 Å². The van der Waals surface area contributed by atoms with Gasteiger partial charge in [-0.2, -0.15) is 4.99 Å². The normalized spacial score (nSPS) is 11.3. The van der Waals surface area contributed by atoms with Crippen molar-refractivity contribution in [3.63, 3.8) is 0 Å². The van der Waals surface area contributed by atoms with E-state index in [0.29, 0.717) is 32.7 Å². The standard InChI is InChI=1S/C27H23N3O5S/c1-3-35-24(32)16-30-22-14-13-21(28-17(2)31)15-23(22)36-27(30)29-26(34)20-11-9-19(10-12-20)25(33)18-7-5-4-6-8-18/h4-15H,3,16H2,1-2H3,(H,28,31). The van der Waals surface area contributed by atoms with Crippen LogP contribution in [0, 0.1) is 0 Å². The fraction of sp³-hybridized carbons (Fsp3) is 0.148. The Hall–Kier alpha value is -4.37. The first-order valence-electron chi connectivity index (χ1n) is 11.2. The molecule has 0 unspecified atom stereocenters. The van der Waals surface area contributed by atoms with Gasteiger partial charge in [0.15, 0.2) is 10.6 Å². The van der Waals surface area contributed by atoms with Crippen LogP contribution in [0.5, 0.6) is 0 Å². The number of benzene rings is 3. The lowest BCUT2D eigenvalue weighted by Gasteiger charge is -2.06. The number of rotatable bonds is 7. The second kappa shape index (κ2) is 10.9. The number of nitrogens with zero attached hydrogens (tertiary/aromatic N) is 2. The molecular formula is C27H23N3O5S.